The van der Waals surface area contributed by atoms with E-state index in [4.69, 9.17) is 5.84 Å². The Kier molecular flexibility index (Phi) is 3.90. The van der Waals surface area contributed by atoms with Crippen molar-refractivity contribution in [3.05, 3.63) is 20.3 Å². The minimum Gasteiger partial charge on any atom is -0.308 e. The van der Waals surface area contributed by atoms with Crippen molar-refractivity contribution in [1.82, 2.24) is 5.43 Å². The summed E-state index contributed by atoms with van der Waals surface area (Å²) >= 11 is 5.09. The molecule has 0 bridgehead atoms. The summed E-state index contributed by atoms with van der Waals surface area (Å²) in [6, 6.07) is 2.06. The number of nitrogens with zero attached hydrogens (tertiary/aromatic N) is 1. The Morgan fingerprint density at radius 1 is 1.77 bits per heavy atom. The molecular weight excluding hydrogens is 250 g/mol. The van der Waals surface area contributed by atoms with Crippen LogP contribution in [0.3, 0.4) is 0 Å². The maximum atomic E-state index is 5.36. The summed E-state index contributed by atoms with van der Waals surface area (Å²) < 4.78 is 1.13. The number of halogens is 1. The van der Waals surface area contributed by atoms with Gasteiger partial charge in [-0.3, -0.25) is 4.99 Å². The van der Waals surface area contributed by atoms with Gasteiger partial charge in [0, 0.05) is 6.54 Å². The highest BCUT2D eigenvalue weighted by Crippen LogP contribution is 2.27. The van der Waals surface area contributed by atoms with Gasteiger partial charge in [0.15, 0.2) is 5.84 Å². The van der Waals surface area contributed by atoms with Gasteiger partial charge in [0.05, 0.1) is 8.66 Å². The maximum absolute atomic E-state index is 5.36. The van der Waals surface area contributed by atoms with E-state index in [1.165, 1.54) is 5.56 Å². The average molecular weight is 262 g/mol. The van der Waals surface area contributed by atoms with Crippen LogP contribution < -0.4 is 11.3 Å². The normalized spacial score (nSPS) is 11.8. The number of aliphatic imine (C=N–C) groups is 1. The fraction of sp³-hybridized carbons (Fsp3) is 0.375. The monoisotopic (exact) mass is 261 g/mol. The molecule has 72 valence electrons. The molecule has 1 heterocycles. The number of hydrogen-bond acceptors (Lipinski definition) is 3. The SMILES string of the molecule is CCN=C(NN)c1cc(C)c(Br)s1. The van der Waals surface area contributed by atoms with Crippen molar-refractivity contribution in [3.8, 4) is 0 Å². The molecule has 1 aromatic rings. The second kappa shape index (κ2) is 4.74. The molecule has 1 aromatic heterocycles. The Balaban J connectivity index is 2.99. The summed E-state index contributed by atoms with van der Waals surface area (Å²) in [7, 11) is 0. The van der Waals surface area contributed by atoms with Crippen molar-refractivity contribution in [1.29, 1.82) is 0 Å². The lowest BCUT2D eigenvalue weighted by molar-refractivity contribution is 0.995. The van der Waals surface area contributed by atoms with Gasteiger partial charge in [-0.25, -0.2) is 5.84 Å². The van der Waals surface area contributed by atoms with Gasteiger partial charge in [-0.05, 0) is 41.4 Å². The molecule has 3 nitrogen and oxygen atoms in total. The van der Waals surface area contributed by atoms with Crippen LogP contribution in [0.25, 0.3) is 0 Å². The molecular formula is C8H12BrN3S. The lowest BCUT2D eigenvalue weighted by Crippen LogP contribution is -2.30. The molecule has 0 atom stereocenters. The van der Waals surface area contributed by atoms with Crippen LogP contribution in [-0.2, 0) is 0 Å². The molecule has 0 unspecified atom stereocenters. The maximum Gasteiger partial charge on any atom is 0.152 e. The number of rotatable bonds is 2. The average Bonchev–Trinajstić information content (AvgIpc) is 2.43. The van der Waals surface area contributed by atoms with E-state index in [0.717, 1.165) is 21.0 Å². The first-order valence-corrected chi connectivity index (χ1v) is 5.57. The van der Waals surface area contributed by atoms with Crippen LogP contribution in [-0.4, -0.2) is 12.4 Å². The molecule has 5 heteroatoms. The number of hydrazine groups is 1. The molecule has 0 saturated carbocycles. The first-order chi connectivity index (χ1) is 6.19. The van der Waals surface area contributed by atoms with Crippen LogP contribution in [0.4, 0.5) is 0 Å². The van der Waals surface area contributed by atoms with E-state index < -0.39 is 0 Å². The highest BCUT2D eigenvalue weighted by Gasteiger charge is 2.07. The van der Waals surface area contributed by atoms with Crippen molar-refractivity contribution in [3.63, 3.8) is 0 Å². The smallest absolute Gasteiger partial charge is 0.152 e. The zero-order valence-electron chi connectivity index (χ0n) is 7.60. The van der Waals surface area contributed by atoms with Gasteiger partial charge in [-0.1, -0.05) is 0 Å². The lowest BCUT2D eigenvalue weighted by atomic mass is 10.3. The fourth-order valence-electron chi connectivity index (χ4n) is 0.929. The van der Waals surface area contributed by atoms with Gasteiger partial charge in [0.25, 0.3) is 0 Å². The highest BCUT2D eigenvalue weighted by atomic mass is 79.9. The quantitative estimate of drug-likeness (QED) is 0.371. The summed E-state index contributed by atoms with van der Waals surface area (Å²) in [5, 5.41) is 0. The molecule has 3 N–H and O–H groups in total. The molecule has 0 aromatic carbocycles. The van der Waals surface area contributed by atoms with Crippen molar-refractivity contribution in [2.45, 2.75) is 13.8 Å². The third kappa shape index (κ3) is 2.52. The molecule has 0 aliphatic carbocycles. The Hall–Kier alpha value is -0.390. The van der Waals surface area contributed by atoms with E-state index in [9.17, 15) is 0 Å². The molecule has 0 aliphatic rings. The van der Waals surface area contributed by atoms with Crippen molar-refractivity contribution < 1.29 is 0 Å². The third-order valence-corrected chi connectivity index (χ3v) is 3.69. The number of aryl methyl sites for hydroxylation is 1. The van der Waals surface area contributed by atoms with Crippen LogP contribution in [0, 0.1) is 6.92 Å². The number of nitrogens with one attached hydrogen (secondary N) is 1. The molecule has 0 spiro atoms. The Morgan fingerprint density at radius 2 is 2.46 bits per heavy atom. The van der Waals surface area contributed by atoms with Crippen LogP contribution >= 0.6 is 27.3 Å². The van der Waals surface area contributed by atoms with Gasteiger partial charge >= 0.3 is 0 Å². The molecule has 1 rings (SSSR count). The Bertz CT molecular complexity index is 300. The number of thiophene rings is 1. The second-order valence-corrected chi connectivity index (χ2v) is 4.90. The van der Waals surface area contributed by atoms with Crippen LogP contribution in [0.1, 0.15) is 17.4 Å². The van der Waals surface area contributed by atoms with E-state index in [-0.39, 0.29) is 0 Å². The Morgan fingerprint density at radius 3 is 2.85 bits per heavy atom. The summed E-state index contributed by atoms with van der Waals surface area (Å²) in [6.45, 7) is 4.76. The predicted molar refractivity (Wildman–Crippen MR) is 61.2 cm³/mol. The molecule has 0 radical (unpaired) electrons. The summed E-state index contributed by atoms with van der Waals surface area (Å²) in [5.74, 6) is 6.11. The van der Waals surface area contributed by atoms with Crippen molar-refractivity contribution in [2.24, 2.45) is 10.8 Å². The van der Waals surface area contributed by atoms with Gasteiger partial charge in [-0.2, -0.15) is 0 Å². The van der Waals surface area contributed by atoms with E-state index in [1.807, 2.05) is 13.8 Å². The zero-order valence-corrected chi connectivity index (χ0v) is 10.00. The standard InChI is InChI=1S/C8H12BrN3S/c1-3-11-8(12-10)6-4-5(2)7(9)13-6/h4H,3,10H2,1-2H3,(H,11,12). The first-order valence-electron chi connectivity index (χ1n) is 3.96. The summed E-state index contributed by atoms with van der Waals surface area (Å²) in [5.41, 5.74) is 3.81. The van der Waals surface area contributed by atoms with Crippen molar-refractivity contribution in [2.75, 3.05) is 6.54 Å². The molecule has 0 saturated heterocycles. The molecule has 0 fully saturated rings. The van der Waals surface area contributed by atoms with E-state index >= 15 is 0 Å². The molecule has 0 amide bonds. The topological polar surface area (TPSA) is 50.4 Å². The molecule has 0 aliphatic heterocycles. The van der Waals surface area contributed by atoms with Gasteiger partial charge in [-0.15, -0.1) is 11.3 Å². The first kappa shape index (κ1) is 10.7. The molecule has 13 heavy (non-hydrogen) atoms. The second-order valence-electron chi connectivity index (χ2n) is 2.53. The summed E-state index contributed by atoms with van der Waals surface area (Å²) in [4.78, 5) is 5.30. The lowest BCUT2D eigenvalue weighted by Gasteiger charge is -2.00. The zero-order chi connectivity index (χ0) is 9.84. The number of amidine groups is 1. The highest BCUT2D eigenvalue weighted by molar-refractivity contribution is 9.11. The summed E-state index contributed by atoms with van der Waals surface area (Å²) in [6.07, 6.45) is 0. The van der Waals surface area contributed by atoms with E-state index in [1.54, 1.807) is 11.3 Å². The number of nitrogens with two attached hydrogens (primary N) is 1. The predicted octanol–water partition coefficient (Wildman–Crippen LogP) is 2.05. The minimum absolute atomic E-state index is 0.730. The van der Waals surface area contributed by atoms with E-state index in [0.29, 0.717) is 0 Å². The number of hydrogen-bond donors (Lipinski definition) is 2. The van der Waals surface area contributed by atoms with Crippen LogP contribution in [0.5, 0.6) is 0 Å². The Labute approximate surface area is 90.2 Å². The largest absolute Gasteiger partial charge is 0.308 e. The van der Waals surface area contributed by atoms with Gasteiger partial charge in [0.2, 0.25) is 0 Å². The van der Waals surface area contributed by atoms with Gasteiger partial charge < -0.3 is 5.43 Å². The minimum atomic E-state index is 0.730. The van der Waals surface area contributed by atoms with Crippen molar-refractivity contribution >= 4 is 33.1 Å². The van der Waals surface area contributed by atoms with Crippen LogP contribution in [0.15, 0.2) is 14.8 Å². The third-order valence-electron chi connectivity index (χ3n) is 1.54. The van der Waals surface area contributed by atoms with Crippen LogP contribution in [0.2, 0.25) is 0 Å². The van der Waals surface area contributed by atoms with Gasteiger partial charge in [0.1, 0.15) is 0 Å². The fourth-order valence-corrected chi connectivity index (χ4v) is 2.44. The van der Waals surface area contributed by atoms with E-state index in [2.05, 4.69) is 32.4 Å².